The van der Waals surface area contributed by atoms with Crippen molar-refractivity contribution in [3.05, 3.63) is 42.0 Å². The molecule has 0 unspecified atom stereocenters. The fraction of sp³-hybridized carbons (Fsp3) is 0.167. The Kier molecular flexibility index (Phi) is 3.96. The Bertz CT molecular complexity index is 599. The minimum atomic E-state index is -0.399. The van der Waals surface area contributed by atoms with Gasteiger partial charge < -0.3 is 15.8 Å². The van der Waals surface area contributed by atoms with Crippen LogP contribution in [0.3, 0.4) is 0 Å². The van der Waals surface area contributed by atoms with E-state index >= 15 is 0 Å². The van der Waals surface area contributed by atoms with E-state index in [4.69, 9.17) is 22.7 Å². The van der Waals surface area contributed by atoms with Gasteiger partial charge >= 0.3 is 0 Å². The second-order valence-electron chi connectivity index (χ2n) is 3.90. The average Bonchev–Trinajstić information content (AvgIpc) is 2.73. The van der Waals surface area contributed by atoms with Crippen LogP contribution >= 0.6 is 12.2 Å². The summed E-state index contributed by atoms with van der Waals surface area (Å²) < 4.78 is 20.4. The second-order valence-corrected chi connectivity index (χ2v) is 4.34. The van der Waals surface area contributed by atoms with Crippen LogP contribution in [0.4, 0.5) is 10.1 Å². The highest BCUT2D eigenvalue weighted by atomic mass is 32.1. The molecule has 0 radical (unpaired) electrons. The highest BCUT2D eigenvalue weighted by Crippen LogP contribution is 2.26. The number of benzene rings is 1. The molecule has 0 fully saturated rings. The average molecular weight is 280 g/mol. The van der Waals surface area contributed by atoms with Crippen LogP contribution in [0.25, 0.3) is 0 Å². The Morgan fingerprint density at radius 2 is 2.32 bits per heavy atom. The summed E-state index contributed by atoms with van der Waals surface area (Å²) in [5.41, 5.74) is 6.54. The van der Waals surface area contributed by atoms with Crippen molar-refractivity contribution < 1.29 is 9.13 Å². The Morgan fingerprint density at radius 3 is 2.95 bits per heavy atom. The van der Waals surface area contributed by atoms with Crippen LogP contribution < -0.4 is 15.8 Å². The topological polar surface area (TPSA) is 65.1 Å². The monoisotopic (exact) mass is 280 g/mol. The lowest BCUT2D eigenvalue weighted by Crippen LogP contribution is -2.19. The van der Waals surface area contributed by atoms with Crippen molar-refractivity contribution in [2.75, 3.05) is 5.32 Å². The molecule has 0 saturated heterocycles. The smallest absolute Gasteiger partial charge is 0.168 e. The lowest BCUT2D eigenvalue weighted by molar-refractivity contribution is 0.301. The Balaban J connectivity index is 2.12. The SMILES string of the molecule is Cn1ccc(COc2ccc(F)cc2NC(N)=S)n1. The van der Waals surface area contributed by atoms with Crippen LogP contribution in [0.15, 0.2) is 30.5 Å². The van der Waals surface area contributed by atoms with E-state index in [0.29, 0.717) is 11.4 Å². The molecule has 0 aliphatic heterocycles. The van der Waals surface area contributed by atoms with E-state index in [9.17, 15) is 4.39 Å². The van der Waals surface area contributed by atoms with Crippen LogP contribution in [0.5, 0.6) is 5.75 Å². The van der Waals surface area contributed by atoms with Crippen molar-refractivity contribution in [1.82, 2.24) is 9.78 Å². The van der Waals surface area contributed by atoms with Crippen molar-refractivity contribution in [2.45, 2.75) is 6.61 Å². The Labute approximate surface area is 115 Å². The first-order valence-electron chi connectivity index (χ1n) is 5.52. The number of halogens is 1. The molecule has 0 aliphatic rings. The number of nitrogens with one attached hydrogen (secondary N) is 1. The molecule has 0 amide bonds. The van der Waals surface area contributed by atoms with Gasteiger partial charge in [-0.15, -0.1) is 0 Å². The van der Waals surface area contributed by atoms with Gasteiger partial charge in [0.1, 0.15) is 18.2 Å². The normalized spacial score (nSPS) is 10.2. The number of hydrogen-bond acceptors (Lipinski definition) is 3. The van der Waals surface area contributed by atoms with Gasteiger partial charge in [0.2, 0.25) is 0 Å². The summed E-state index contributed by atoms with van der Waals surface area (Å²) in [6.07, 6.45) is 1.82. The van der Waals surface area contributed by atoms with Gasteiger partial charge in [-0.3, -0.25) is 4.68 Å². The molecule has 0 spiro atoms. The zero-order valence-electron chi connectivity index (χ0n) is 10.3. The molecule has 100 valence electrons. The molecule has 0 aliphatic carbocycles. The van der Waals surface area contributed by atoms with E-state index < -0.39 is 5.82 Å². The van der Waals surface area contributed by atoms with E-state index in [0.717, 1.165) is 5.69 Å². The van der Waals surface area contributed by atoms with Crippen molar-refractivity contribution in [1.29, 1.82) is 0 Å². The highest BCUT2D eigenvalue weighted by Gasteiger charge is 2.07. The zero-order valence-corrected chi connectivity index (χ0v) is 11.1. The molecule has 0 atom stereocenters. The highest BCUT2D eigenvalue weighted by molar-refractivity contribution is 7.80. The molecule has 1 aromatic heterocycles. The number of thiocarbonyl (C=S) groups is 1. The summed E-state index contributed by atoms with van der Waals surface area (Å²) in [5.74, 6) is 0.0591. The summed E-state index contributed by atoms with van der Waals surface area (Å²) in [6, 6.07) is 5.93. The largest absolute Gasteiger partial charge is 0.485 e. The molecule has 19 heavy (non-hydrogen) atoms. The van der Waals surface area contributed by atoms with Crippen molar-refractivity contribution >= 4 is 23.0 Å². The summed E-state index contributed by atoms with van der Waals surface area (Å²) in [4.78, 5) is 0. The maximum absolute atomic E-state index is 13.2. The molecular formula is C12H13FN4OS. The third kappa shape index (κ3) is 3.65. The third-order valence-electron chi connectivity index (χ3n) is 2.34. The van der Waals surface area contributed by atoms with Crippen molar-refractivity contribution in [2.24, 2.45) is 12.8 Å². The van der Waals surface area contributed by atoms with Crippen LogP contribution in [0, 0.1) is 5.82 Å². The molecule has 2 rings (SSSR count). The first-order chi connectivity index (χ1) is 9.04. The predicted molar refractivity (Wildman–Crippen MR) is 74.3 cm³/mol. The standard InChI is InChI=1S/C12H13FN4OS/c1-17-5-4-9(16-17)7-18-11-3-2-8(13)6-10(11)15-12(14)19/h2-6H,7H2,1H3,(H3,14,15,19). The number of aryl methyl sites for hydroxylation is 1. The van der Waals surface area contributed by atoms with Crippen molar-refractivity contribution in [3.63, 3.8) is 0 Å². The number of rotatable bonds is 4. The van der Waals surface area contributed by atoms with Crippen LogP contribution in [0.1, 0.15) is 5.69 Å². The predicted octanol–water partition coefficient (Wildman–Crippen LogP) is 1.79. The van der Waals surface area contributed by atoms with E-state index in [1.807, 2.05) is 19.3 Å². The van der Waals surface area contributed by atoms with Gasteiger partial charge in [-0.1, -0.05) is 0 Å². The molecule has 1 aromatic carbocycles. The molecule has 0 saturated carbocycles. The lowest BCUT2D eigenvalue weighted by atomic mass is 10.3. The summed E-state index contributed by atoms with van der Waals surface area (Å²) in [6.45, 7) is 0.276. The minimum absolute atomic E-state index is 0.0493. The molecule has 1 heterocycles. The zero-order chi connectivity index (χ0) is 13.8. The summed E-state index contributed by atoms with van der Waals surface area (Å²) in [5, 5.41) is 6.90. The maximum Gasteiger partial charge on any atom is 0.168 e. The molecule has 3 N–H and O–H groups in total. The van der Waals surface area contributed by atoms with Gasteiger partial charge in [0.05, 0.1) is 11.4 Å². The van der Waals surface area contributed by atoms with Gasteiger partial charge in [-0.2, -0.15) is 5.10 Å². The molecule has 5 nitrogen and oxygen atoms in total. The van der Waals surface area contributed by atoms with E-state index in [-0.39, 0.29) is 11.7 Å². The van der Waals surface area contributed by atoms with E-state index in [1.54, 1.807) is 4.68 Å². The number of hydrogen-bond donors (Lipinski definition) is 2. The quantitative estimate of drug-likeness (QED) is 0.836. The van der Waals surface area contributed by atoms with Crippen molar-refractivity contribution in [3.8, 4) is 5.75 Å². The van der Waals surface area contributed by atoms with Gasteiger partial charge in [0.25, 0.3) is 0 Å². The second kappa shape index (κ2) is 5.66. The number of nitrogens with two attached hydrogens (primary N) is 1. The number of aromatic nitrogens is 2. The number of anilines is 1. The van der Waals surface area contributed by atoms with E-state index in [1.165, 1.54) is 18.2 Å². The minimum Gasteiger partial charge on any atom is -0.485 e. The van der Waals surface area contributed by atoms with Gasteiger partial charge in [-0.25, -0.2) is 4.39 Å². The molecular weight excluding hydrogens is 267 g/mol. The van der Waals surface area contributed by atoms with Gasteiger partial charge in [-0.05, 0) is 30.4 Å². The van der Waals surface area contributed by atoms with E-state index in [2.05, 4.69) is 10.4 Å². The van der Waals surface area contributed by atoms with Crippen LogP contribution in [0.2, 0.25) is 0 Å². The first-order valence-corrected chi connectivity index (χ1v) is 5.93. The molecule has 2 aromatic rings. The summed E-state index contributed by atoms with van der Waals surface area (Å²) in [7, 11) is 1.82. The number of nitrogens with zero attached hydrogens (tertiary/aromatic N) is 2. The lowest BCUT2D eigenvalue weighted by Gasteiger charge is -2.11. The van der Waals surface area contributed by atoms with Gasteiger partial charge in [0, 0.05) is 19.3 Å². The van der Waals surface area contributed by atoms with Gasteiger partial charge in [0.15, 0.2) is 5.11 Å². The molecule has 7 heteroatoms. The van der Waals surface area contributed by atoms with Crippen LogP contribution in [-0.4, -0.2) is 14.9 Å². The first kappa shape index (κ1) is 13.3. The van der Waals surface area contributed by atoms with Crippen LogP contribution in [-0.2, 0) is 13.7 Å². The summed E-state index contributed by atoms with van der Waals surface area (Å²) >= 11 is 4.73. The Morgan fingerprint density at radius 1 is 1.53 bits per heavy atom. The number of ether oxygens (including phenoxy) is 1. The molecule has 0 bridgehead atoms. The maximum atomic E-state index is 13.2. The Hall–Kier alpha value is -2.15. The fourth-order valence-electron chi connectivity index (χ4n) is 1.55. The third-order valence-corrected chi connectivity index (χ3v) is 2.45. The fourth-order valence-corrected chi connectivity index (χ4v) is 1.66.